The topological polar surface area (TPSA) is 63.1 Å². The van der Waals surface area contributed by atoms with Gasteiger partial charge < -0.3 is 10.2 Å². The zero-order valence-corrected chi connectivity index (χ0v) is 14.6. The summed E-state index contributed by atoms with van der Waals surface area (Å²) in [7, 11) is 5.85. The number of hydrogen-bond donors (Lipinski definition) is 1. The van der Waals surface area contributed by atoms with Crippen LogP contribution in [0.15, 0.2) is 47.4 Å². The first kappa shape index (κ1) is 15.8. The lowest BCUT2D eigenvalue weighted by Crippen LogP contribution is -2.35. The second kappa shape index (κ2) is 5.97. The standard InChI is InChI=1S/C19H21N5O/c1-23(2)17-13-8-5-4-7-12(13)11-15(17)21-18-16-14(9-6-10-20-16)19(25)24(3)22-18/h4-10,15,17H,11H2,1-3H3,(H,21,22)/t15-,17+/m0/s1. The van der Waals surface area contributed by atoms with Gasteiger partial charge in [-0.05, 0) is 43.8 Å². The molecule has 1 aliphatic carbocycles. The molecular formula is C19H21N5O. The monoisotopic (exact) mass is 335 g/mol. The van der Waals surface area contributed by atoms with Crippen LogP contribution in [-0.2, 0) is 13.5 Å². The van der Waals surface area contributed by atoms with Gasteiger partial charge in [0, 0.05) is 13.2 Å². The smallest absolute Gasteiger partial charge is 0.276 e. The van der Waals surface area contributed by atoms with Gasteiger partial charge in [-0.3, -0.25) is 9.78 Å². The third kappa shape index (κ3) is 2.59. The highest BCUT2D eigenvalue weighted by molar-refractivity contribution is 5.87. The van der Waals surface area contributed by atoms with E-state index in [0.29, 0.717) is 16.7 Å². The molecule has 2 aromatic heterocycles. The summed E-state index contributed by atoms with van der Waals surface area (Å²) in [5.74, 6) is 0.655. The minimum Gasteiger partial charge on any atom is -0.362 e. The minimum atomic E-state index is -0.132. The van der Waals surface area contributed by atoms with Crippen LogP contribution in [-0.4, -0.2) is 39.8 Å². The Morgan fingerprint density at radius 3 is 2.80 bits per heavy atom. The van der Waals surface area contributed by atoms with Crippen molar-refractivity contribution in [2.75, 3.05) is 19.4 Å². The van der Waals surface area contributed by atoms with E-state index in [2.05, 4.69) is 58.7 Å². The summed E-state index contributed by atoms with van der Waals surface area (Å²) in [6, 6.07) is 12.5. The number of pyridine rings is 1. The lowest BCUT2D eigenvalue weighted by molar-refractivity contribution is 0.282. The van der Waals surface area contributed by atoms with Gasteiger partial charge in [0.2, 0.25) is 0 Å². The Morgan fingerprint density at radius 1 is 1.20 bits per heavy atom. The van der Waals surface area contributed by atoms with Crippen LogP contribution in [0.2, 0.25) is 0 Å². The van der Waals surface area contributed by atoms with Crippen LogP contribution in [0.1, 0.15) is 17.2 Å². The van der Waals surface area contributed by atoms with Crippen molar-refractivity contribution in [2.45, 2.75) is 18.5 Å². The molecule has 0 spiro atoms. The summed E-state index contributed by atoms with van der Waals surface area (Å²) in [6.45, 7) is 0. The molecule has 2 heterocycles. The maximum Gasteiger partial charge on any atom is 0.276 e. The Kier molecular flexibility index (Phi) is 3.77. The highest BCUT2D eigenvalue weighted by Crippen LogP contribution is 2.36. The highest BCUT2D eigenvalue weighted by atomic mass is 16.1. The van der Waals surface area contributed by atoms with Crippen molar-refractivity contribution >= 4 is 16.7 Å². The van der Waals surface area contributed by atoms with Crippen molar-refractivity contribution in [3.05, 3.63) is 64.1 Å². The second-order valence-electron chi connectivity index (χ2n) is 6.74. The summed E-state index contributed by atoms with van der Waals surface area (Å²) < 4.78 is 1.37. The molecule has 3 aromatic rings. The SMILES string of the molecule is CN(C)[C@@H]1c2ccccc2C[C@@H]1Nc1nn(C)c(=O)c2cccnc12. The normalized spacial score (nSPS) is 19.4. The molecule has 2 atom stereocenters. The quantitative estimate of drug-likeness (QED) is 0.793. The van der Waals surface area contributed by atoms with Gasteiger partial charge in [-0.1, -0.05) is 24.3 Å². The molecule has 0 fully saturated rings. The molecule has 1 N–H and O–H groups in total. The van der Waals surface area contributed by atoms with Crippen molar-refractivity contribution in [3.8, 4) is 0 Å². The van der Waals surface area contributed by atoms with Crippen LogP contribution in [0.3, 0.4) is 0 Å². The van der Waals surface area contributed by atoms with Crippen molar-refractivity contribution in [2.24, 2.45) is 7.05 Å². The average Bonchev–Trinajstić information content (AvgIpc) is 2.97. The Morgan fingerprint density at radius 2 is 2.00 bits per heavy atom. The van der Waals surface area contributed by atoms with Crippen molar-refractivity contribution < 1.29 is 0 Å². The second-order valence-corrected chi connectivity index (χ2v) is 6.74. The lowest BCUT2D eigenvalue weighted by atomic mass is 10.1. The molecule has 1 aromatic carbocycles. The maximum absolute atomic E-state index is 12.3. The Hall–Kier alpha value is -2.73. The van der Waals surface area contributed by atoms with Crippen LogP contribution in [0.25, 0.3) is 10.9 Å². The van der Waals surface area contributed by atoms with Crippen molar-refractivity contribution in [3.63, 3.8) is 0 Å². The fourth-order valence-corrected chi connectivity index (χ4v) is 3.80. The van der Waals surface area contributed by atoms with Crippen LogP contribution in [0.4, 0.5) is 5.82 Å². The number of fused-ring (bicyclic) bond motifs is 2. The molecule has 0 saturated heterocycles. The van der Waals surface area contributed by atoms with Gasteiger partial charge in [-0.2, -0.15) is 5.10 Å². The molecule has 1 aliphatic rings. The zero-order valence-electron chi connectivity index (χ0n) is 14.6. The van der Waals surface area contributed by atoms with E-state index in [4.69, 9.17) is 0 Å². The predicted molar refractivity (Wildman–Crippen MR) is 98.8 cm³/mol. The summed E-state index contributed by atoms with van der Waals surface area (Å²) >= 11 is 0. The van der Waals surface area contributed by atoms with Gasteiger partial charge in [-0.15, -0.1) is 0 Å². The number of aryl methyl sites for hydroxylation is 1. The summed E-state index contributed by atoms with van der Waals surface area (Å²) in [5.41, 5.74) is 3.18. The molecule has 0 radical (unpaired) electrons. The van der Waals surface area contributed by atoms with E-state index in [-0.39, 0.29) is 17.6 Å². The summed E-state index contributed by atoms with van der Waals surface area (Å²) in [6.07, 6.45) is 2.61. The fraction of sp³-hybridized carbons (Fsp3) is 0.316. The molecule has 0 unspecified atom stereocenters. The Labute approximate surface area is 146 Å². The first-order chi connectivity index (χ1) is 12.1. The lowest BCUT2D eigenvalue weighted by Gasteiger charge is -2.28. The summed E-state index contributed by atoms with van der Waals surface area (Å²) in [5, 5.41) is 8.57. The number of rotatable bonds is 3. The van der Waals surface area contributed by atoms with Crippen molar-refractivity contribution in [1.29, 1.82) is 0 Å². The van der Waals surface area contributed by atoms with Crippen LogP contribution >= 0.6 is 0 Å². The molecule has 6 nitrogen and oxygen atoms in total. The Bertz CT molecular complexity index is 995. The van der Waals surface area contributed by atoms with Gasteiger partial charge in [-0.25, -0.2) is 4.68 Å². The highest BCUT2D eigenvalue weighted by Gasteiger charge is 2.34. The zero-order chi connectivity index (χ0) is 17.6. The minimum absolute atomic E-state index is 0.132. The van der Waals surface area contributed by atoms with E-state index < -0.39 is 0 Å². The first-order valence-electron chi connectivity index (χ1n) is 8.39. The maximum atomic E-state index is 12.3. The van der Waals surface area contributed by atoms with E-state index in [1.165, 1.54) is 15.8 Å². The number of aromatic nitrogens is 3. The van der Waals surface area contributed by atoms with Gasteiger partial charge in [0.25, 0.3) is 5.56 Å². The molecule has 0 saturated carbocycles. The van der Waals surface area contributed by atoms with Crippen LogP contribution < -0.4 is 10.9 Å². The predicted octanol–water partition coefficient (Wildman–Crippen LogP) is 1.97. The molecular weight excluding hydrogens is 314 g/mol. The fourth-order valence-electron chi connectivity index (χ4n) is 3.80. The van der Waals surface area contributed by atoms with E-state index in [0.717, 1.165) is 6.42 Å². The first-order valence-corrected chi connectivity index (χ1v) is 8.39. The molecule has 6 heteroatoms. The van der Waals surface area contributed by atoms with Gasteiger partial charge in [0.05, 0.1) is 17.5 Å². The van der Waals surface area contributed by atoms with E-state index in [1.807, 2.05) is 0 Å². The molecule has 0 amide bonds. The number of nitrogens with zero attached hydrogens (tertiary/aromatic N) is 4. The van der Waals surface area contributed by atoms with Crippen LogP contribution in [0, 0.1) is 0 Å². The molecule has 0 bridgehead atoms. The van der Waals surface area contributed by atoms with E-state index in [1.54, 1.807) is 25.4 Å². The number of benzene rings is 1. The molecule has 0 aliphatic heterocycles. The third-order valence-corrected chi connectivity index (χ3v) is 4.88. The van der Waals surface area contributed by atoms with Gasteiger partial charge in [0.1, 0.15) is 5.52 Å². The average molecular weight is 335 g/mol. The number of hydrogen-bond acceptors (Lipinski definition) is 5. The Balaban J connectivity index is 1.77. The summed E-state index contributed by atoms with van der Waals surface area (Å²) in [4.78, 5) is 18.9. The molecule has 4 rings (SSSR count). The largest absolute Gasteiger partial charge is 0.362 e. The van der Waals surface area contributed by atoms with Gasteiger partial charge >= 0.3 is 0 Å². The number of anilines is 1. The number of likely N-dealkylation sites (N-methyl/N-ethyl adjacent to an activating group) is 1. The van der Waals surface area contributed by atoms with E-state index in [9.17, 15) is 4.79 Å². The van der Waals surface area contributed by atoms with Gasteiger partial charge in [0.15, 0.2) is 5.82 Å². The van der Waals surface area contributed by atoms with Crippen molar-refractivity contribution in [1.82, 2.24) is 19.7 Å². The number of nitrogens with one attached hydrogen (secondary N) is 1. The van der Waals surface area contributed by atoms with E-state index >= 15 is 0 Å². The molecule has 128 valence electrons. The van der Waals surface area contributed by atoms with Crippen LogP contribution in [0.5, 0.6) is 0 Å². The third-order valence-electron chi connectivity index (χ3n) is 4.88. The molecule has 25 heavy (non-hydrogen) atoms.